The van der Waals surface area contributed by atoms with Crippen molar-refractivity contribution in [3.05, 3.63) is 28.8 Å². The van der Waals surface area contributed by atoms with Crippen LogP contribution in [0.2, 0.25) is 5.02 Å². The Hall–Kier alpha value is -2.28. The van der Waals surface area contributed by atoms with Crippen molar-refractivity contribution in [3.63, 3.8) is 0 Å². The zero-order chi connectivity index (χ0) is 18.1. The maximum Gasteiger partial charge on any atom is 0.344 e. The van der Waals surface area contributed by atoms with Crippen molar-refractivity contribution < 1.29 is 23.9 Å². The van der Waals surface area contributed by atoms with Gasteiger partial charge in [-0.1, -0.05) is 11.6 Å². The smallest absolute Gasteiger partial charge is 0.344 e. The van der Waals surface area contributed by atoms with E-state index in [1.165, 1.54) is 6.92 Å². The zero-order valence-electron chi connectivity index (χ0n) is 13.8. The third-order valence-electron chi connectivity index (χ3n) is 2.97. The van der Waals surface area contributed by atoms with E-state index in [0.717, 1.165) is 5.56 Å². The Morgan fingerprint density at radius 2 is 1.96 bits per heavy atom. The predicted molar refractivity (Wildman–Crippen MR) is 88.9 cm³/mol. The quantitative estimate of drug-likeness (QED) is 0.683. The second-order valence-electron chi connectivity index (χ2n) is 5.04. The van der Waals surface area contributed by atoms with Gasteiger partial charge in [0.2, 0.25) is 5.91 Å². The number of amides is 2. The molecule has 24 heavy (non-hydrogen) atoms. The van der Waals surface area contributed by atoms with E-state index >= 15 is 0 Å². The maximum absolute atomic E-state index is 11.6. The van der Waals surface area contributed by atoms with Gasteiger partial charge in [-0.2, -0.15) is 0 Å². The molecular formula is C16H21ClN2O5. The molecule has 132 valence electrons. The van der Waals surface area contributed by atoms with Gasteiger partial charge in [0.1, 0.15) is 11.8 Å². The summed E-state index contributed by atoms with van der Waals surface area (Å²) in [5.41, 5.74) is 0.781. The molecule has 1 rings (SSSR count). The molecule has 0 aliphatic heterocycles. The highest BCUT2D eigenvalue weighted by atomic mass is 35.5. The highest BCUT2D eigenvalue weighted by Gasteiger charge is 2.16. The van der Waals surface area contributed by atoms with Crippen molar-refractivity contribution in [1.82, 2.24) is 10.6 Å². The van der Waals surface area contributed by atoms with E-state index in [-0.39, 0.29) is 12.5 Å². The number of aryl methyl sites for hydroxylation is 1. The molecule has 0 unspecified atom stereocenters. The number of likely N-dealkylation sites (N-methyl/N-ethyl adjacent to an activating group) is 1. The first-order valence-corrected chi connectivity index (χ1v) is 7.83. The Kier molecular flexibility index (Phi) is 8.05. The minimum absolute atomic E-state index is 0.307. The SMILES string of the molecule is CCNC(=O)[C@H](C)NC(=O)COC(=O)COc1ccc(Cl)cc1C. The van der Waals surface area contributed by atoms with Crippen molar-refractivity contribution in [1.29, 1.82) is 0 Å². The summed E-state index contributed by atoms with van der Waals surface area (Å²) in [5, 5.41) is 5.57. The molecule has 0 radical (unpaired) electrons. The number of halogens is 1. The number of esters is 1. The van der Waals surface area contributed by atoms with Gasteiger partial charge in [-0.15, -0.1) is 0 Å². The number of ether oxygens (including phenoxy) is 2. The van der Waals surface area contributed by atoms with Crippen LogP contribution in [-0.2, 0) is 19.1 Å². The third kappa shape index (κ3) is 6.87. The summed E-state index contributed by atoms with van der Waals surface area (Å²) in [4.78, 5) is 34.7. The Bertz CT molecular complexity index is 606. The molecule has 0 saturated carbocycles. The number of nitrogens with one attached hydrogen (secondary N) is 2. The monoisotopic (exact) mass is 356 g/mol. The summed E-state index contributed by atoms with van der Waals surface area (Å²) in [6, 6.07) is 4.29. The van der Waals surface area contributed by atoms with Crippen LogP contribution < -0.4 is 15.4 Å². The zero-order valence-corrected chi connectivity index (χ0v) is 14.6. The standard InChI is InChI=1S/C16H21ClN2O5/c1-4-18-16(22)11(3)19-14(20)8-24-15(21)9-23-13-6-5-12(17)7-10(13)2/h5-7,11H,4,8-9H2,1-3H3,(H,18,22)(H,19,20)/t11-/m0/s1. The van der Waals surface area contributed by atoms with E-state index in [2.05, 4.69) is 10.6 Å². The van der Waals surface area contributed by atoms with E-state index in [1.807, 2.05) is 0 Å². The molecule has 0 fully saturated rings. The molecule has 0 aliphatic rings. The van der Waals surface area contributed by atoms with Crippen LogP contribution >= 0.6 is 11.6 Å². The molecule has 1 atom stereocenters. The molecule has 0 spiro atoms. The highest BCUT2D eigenvalue weighted by molar-refractivity contribution is 6.30. The van der Waals surface area contributed by atoms with E-state index in [9.17, 15) is 14.4 Å². The number of rotatable bonds is 8. The Morgan fingerprint density at radius 3 is 2.58 bits per heavy atom. The van der Waals surface area contributed by atoms with Crippen molar-refractivity contribution in [2.24, 2.45) is 0 Å². The highest BCUT2D eigenvalue weighted by Crippen LogP contribution is 2.21. The molecular weight excluding hydrogens is 336 g/mol. The van der Waals surface area contributed by atoms with E-state index in [0.29, 0.717) is 17.3 Å². The Labute approximate surface area is 145 Å². The van der Waals surface area contributed by atoms with Gasteiger partial charge < -0.3 is 20.1 Å². The number of benzene rings is 1. The molecule has 0 saturated heterocycles. The summed E-state index contributed by atoms with van der Waals surface area (Å²) in [7, 11) is 0. The Balaban J connectivity index is 2.33. The lowest BCUT2D eigenvalue weighted by atomic mass is 10.2. The third-order valence-corrected chi connectivity index (χ3v) is 3.20. The average Bonchev–Trinajstić information content (AvgIpc) is 2.52. The average molecular weight is 357 g/mol. The summed E-state index contributed by atoms with van der Waals surface area (Å²) in [6.45, 7) is 4.76. The second-order valence-corrected chi connectivity index (χ2v) is 5.48. The first-order valence-electron chi connectivity index (χ1n) is 7.45. The molecule has 1 aromatic carbocycles. The van der Waals surface area contributed by atoms with Gasteiger partial charge in [-0.25, -0.2) is 4.79 Å². The summed E-state index contributed by atoms with van der Waals surface area (Å²) < 4.78 is 10.1. The van der Waals surface area contributed by atoms with Gasteiger partial charge >= 0.3 is 5.97 Å². The van der Waals surface area contributed by atoms with Gasteiger partial charge in [0.25, 0.3) is 5.91 Å². The minimum Gasteiger partial charge on any atom is -0.482 e. The van der Waals surface area contributed by atoms with Crippen molar-refractivity contribution >= 4 is 29.4 Å². The molecule has 2 amide bonds. The fraction of sp³-hybridized carbons (Fsp3) is 0.438. The lowest BCUT2D eigenvalue weighted by Crippen LogP contribution is -2.46. The molecule has 0 aliphatic carbocycles. The van der Waals surface area contributed by atoms with Crippen molar-refractivity contribution in [2.45, 2.75) is 26.8 Å². The Morgan fingerprint density at radius 1 is 1.25 bits per heavy atom. The number of carbonyl (C=O) groups is 3. The number of hydrogen-bond donors (Lipinski definition) is 2. The van der Waals surface area contributed by atoms with Crippen LogP contribution in [0, 0.1) is 6.92 Å². The first kappa shape index (κ1) is 19.8. The molecule has 8 heteroatoms. The fourth-order valence-corrected chi connectivity index (χ4v) is 2.00. The van der Waals surface area contributed by atoms with Gasteiger partial charge in [-0.3, -0.25) is 9.59 Å². The van der Waals surface area contributed by atoms with Crippen LogP contribution in [0.3, 0.4) is 0 Å². The van der Waals surface area contributed by atoms with Crippen LogP contribution in [0.4, 0.5) is 0 Å². The predicted octanol–water partition coefficient (Wildman–Crippen LogP) is 1.21. The van der Waals surface area contributed by atoms with Gasteiger partial charge in [0, 0.05) is 11.6 Å². The topological polar surface area (TPSA) is 93.7 Å². The lowest BCUT2D eigenvalue weighted by molar-refractivity contribution is -0.150. The van der Waals surface area contributed by atoms with Crippen LogP contribution in [0.15, 0.2) is 18.2 Å². The van der Waals surface area contributed by atoms with Crippen molar-refractivity contribution in [2.75, 3.05) is 19.8 Å². The van der Waals surface area contributed by atoms with Crippen LogP contribution in [0.25, 0.3) is 0 Å². The number of carbonyl (C=O) groups excluding carboxylic acids is 3. The van der Waals surface area contributed by atoms with Crippen molar-refractivity contribution in [3.8, 4) is 5.75 Å². The molecule has 1 aromatic rings. The molecule has 0 aromatic heterocycles. The van der Waals surface area contributed by atoms with Crippen LogP contribution in [0.1, 0.15) is 19.4 Å². The lowest BCUT2D eigenvalue weighted by Gasteiger charge is -2.13. The minimum atomic E-state index is -0.705. The number of hydrogen-bond acceptors (Lipinski definition) is 5. The molecule has 0 bridgehead atoms. The normalized spacial score (nSPS) is 11.3. The summed E-state index contributed by atoms with van der Waals surface area (Å²) in [5.74, 6) is -1.06. The van der Waals surface area contributed by atoms with E-state index < -0.39 is 24.5 Å². The van der Waals surface area contributed by atoms with Crippen LogP contribution in [0.5, 0.6) is 5.75 Å². The van der Waals surface area contributed by atoms with Gasteiger partial charge in [0.15, 0.2) is 13.2 Å². The summed E-state index contributed by atoms with van der Waals surface area (Å²) in [6.07, 6.45) is 0. The second kappa shape index (κ2) is 9.77. The fourth-order valence-electron chi connectivity index (χ4n) is 1.78. The van der Waals surface area contributed by atoms with E-state index in [1.54, 1.807) is 32.0 Å². The van der Waals surface area contributed by atoms with Gasteiger partial charge in [-0.05, 0) is 44.5 Å². The molecule has 7 nitrogen and oxygen atoms in total. The maximum atomic E-state index is 11.6. The van der Waals surface area contributed by atoms with Crippen LogP contribution in [-0.4, -0.2) is 43.6 Å². The largest absolute Gasteiger partial charge is 0.482 e. The van der Waals surface area contributed by atoms with Gasteiger partial charge in [0.05, 0.1) is 0 Å². The molecule has 0 heterocycles. The first-order chi connectivity index (χ1) is 11.3. The summed E-state index contributed by atoms with van der Waals surface area (Å²) >= 11 is 5.83. The molecule has 2 N–H and O–H groups in total. The van der Waals surface area contributed by atoms with E-state index in [4.69, 9.17) is 21.1 Å².